The lowest BCUT2D eigenvalue weighted by Gasteiger charge is -2.45. The number of carbonyl (C=O) groups excluding carboxylic acids is 2. The number of carboxylic acids is 1. The normalized spacial score (nSPS) is 22.8. The van der Waals surface area contributed by atoms with Crippen molar-refractivity contribution in [2.45, 2.75) is 62.7 Å². The molecule has 3 aromatic rings. The third-order valence-corrected chi connectivity index (χ3v) is 9.20. The van der Waals surface area contributed by atoms with E-state index in [4.69, 9.17) is 14.6 Å². The fourth-order valence-corrected chi connectivity index (χ4v) is 6.63. The van der Waals surface area contributed by atoms with E-state index in [0.717, 1.165) is 35.5 Å². The van der Waals surface area contributed by atoms with Gasteiger partial charge in [-0.1, -0.05) is 54.6 Å². The maximum absolute atomic E-state index is 13.1. The van der Waals surface area contributed by atoms with Crippen molar-refractivity contribution in [1.29, 1.82) is 0 Å². The molecule has 3 aliphatic heterocycles. The van der Waals surface area contributed by atoms with Crippen molar-refractivity contribution in [2.75, 3.05) is 36.5 Å². The molecule has 4 N–H and O–H groups in total. The first-order valence-corrected chi connectivity index (χ1v) is 15.8. The van der Waals surface area contributed by atoms with Gasteiger partial charge in [-0.3, -0.25) is 14.4 Å². The number of hydrogen-bond acceptors (Lipinski definition) is 8. The third kappa shape index (κ3) is 7.07. The molecule has 3 atom stereocenters. The molecule has 2 amide bonds. The number of aliphatic hydroxyl groups is 1. The van der Waals surface area contributed by atoms with Crippen LogP contribution in [0.3, 0.4) is 0 Å². The maximum atomic E-state index is 13.1. The van der Waals surface area contributed by atoms with Crippen LogP contribution < -0.4 is 15.5 Å². The lowest BCUT2D eigenvalue weighted by Crippen LogP contribution is -2.57. The Morgan fingerprint density at radius 1 is 0.913 bits per heavy atom. The summed E-state index contributed by atoms with van der Waals surface area (Å²) in [5.41, 5.74) is 3.67. The monoisotopic (exact) mass is 628 g/mol. The summed E-state index contributed by atoms with van der Waals surface area (Å²) < 4.78 is 13.0. The third-order valence-electron chi connectivity index (χ3n) is 9.20. The fraction of sp³-hybridized carbons (Fsp3) is 0.400. The van der Waals surface area contributed by atoms with Crippen LogP contribution in [-0.2, 0) is 30.5 Å². The summed E-state index contributed by atoms with van der Waals surface area (Å²) in [5.74, 6) is -1.29. The molecule has 242 valence electrons. The number of nitrogens with zero attached hydrogens (tertiary/aromatic N) is 2. The lowest BCUT2D eigenvalue weighted by molar-refractivity contribution is -0.253. The molecule has 3 saturated heterocycles. The number of benzene rings is 3. The first kappa shape index (κ1) is 31.7. The number of nitrogens with one attached hydrogen (secondary N) is 2. The Morgan fingerprint density at radius 3 is 2.28 bits per heavy atom. The molecule has 11 heteroatoms. The number of carboxylic acid groups (broad SMARTS) is 1. The molecule has 0 unspecified atom stereocenters. The van der Waals surface area contributed by atoms with Gasteiger partial charge >= 0.3 is 5.97 Å². The molecule has 3 heterocycles. The van der Waals surface area contributed by atoms with Crippen LogP contribution in [0.2, 0.25) is 0 Å². The predicted molar refractivity (Wildman–Crippen MR) is 171 cm³/mol. The van der Waals surface area contributed by atoms with Crippen molar-refractivity contribution in [3.05, 3.63) is 95.6 Å². The zero-order valence-electron chi connectivity index (χ0n) is 25.6. The Labute approximate surface area is 268 Å². The van der Waals surface area contributed by atoms with Gasteiger partial charge < -0.3 is 40.1 Å². The zero-order chi connectivity index (χ0) is 32.1. The second-order valence-corrected chi connectivity index (χ2v) is 12.2. The number of hydrogen-bond donors (Lipinski definition) is 4. The van der Waals surface area contributed by atoms with E-state index in [-0.39, 0.29) is 43.5 Å². The number of amides is 2. The Bertz CT molecular complexity index is 1510. The smallest absolute Gasteiger partial charge is 0.303 e. The highest BCUT2D eigenvalue weighted by molar-refractivity contribution is 5.93. The molecule has 3 aliphatic rings. The number of rotatable bonds is 10. The van der Waals surface area contributed by atoms with E-state index in [0.29, 0.717) is 38.2 Å². The van der Waals surface area contributed by atoms with Gasteiger partial charge in [0.1, 0.15) is 5.54 Å². The van der Waals surface area contributed by atoms with Gasteiger partial charge in [0, 0.05) is 49.4 Å². The molecule has 0 bridgehead atoms. The van der Waals surface area contributed by atoms with E-state index in [1.807, 2.05) is 54.6 Å². The minimum Gasteiger partial charge on any atom is -0.481 e. The number of aliphatic hydroxyl groups excluding tert-OH is 1. The van der Waals surface area contributed by atoms with E-state index in [9.17, 15) is 19.5 Å². The van der Waals surface area contributed by atoms with Crippen LogP contribution in [-0.4, -0.2) is 70.8 Å². The van der Waals surface area contributed by atoms with Gasteiger partial charge in [0.05, 0.1) is 31.9 Å². The number of aliphatic carboxylic acids is 1. The second-order valence-electron chi connectivity index (χ2n) is 12.2. The van der Waals surface area contributed by atoms with Crippen LogP contribution in [0, 0.1) is 0 Å². The van der Waals surface area contributed by atoms with E-state index in [2.05, 4.69) is 32.6 Å². The molecule has 0 radical (unpaired) electrons. The Kier molecular flexibility index (Phi) is 9.64. The SMILES string of the molecule is O=C(O)CCC(=O)Nc1ccc([C@@H]2O[C@H](CN3CCC4(CC3)C(=O)NCN4c3ccccc3)C[C@H](c3ccc(CO)cc3)O2)cc1. The number of likely N-dealkylation sites (tertiary alicyclic amines) is 1. The second kappa shape index (κ2) is 14.0. The van der Waals surface area contributed by atoms with Crippen molar-refractivity contribution in [3.63, 3.8) is 0 Å². The van der Waals surface area contributed by atoms with Gasteiger partial charge in [-0.25, -0.2) is 0 Å². The van der Waals surface area contributed by atoms with Crippen LogP contribution in [0.1, 0.15) is 61.2 Å². The molecule has 0 saturated carbocycles. The first-order valence-electron chi connectivity index (χ1n) is 15.8. The van der Waals surface area contributed by atoms with Crippen LogP contribution >= 0.6 is 0 Å². The fourth-order valence-electron chi connectivity index (χ4n) is 6.63. The van der Waals surface area contributed by atoms with Crippen molar-refractivity contribution in [3.8, 4) is 0 Å². The van der Waals surface area contributed by atoms with Crippen LogP contribution in [0.15, 0.2) is 78.9 Å². The average molecular weight is 629 g/mol. The minimum absolute atomic E-state index is 0.0322. The van der Waals surface area contributed by atoms with Gasteiger partial charge in [0.15, 0.2) is 6.29 Å². The predicted octanol–water partition coefficient (Wildman–Crippen LogP) is 3.96. The highest BCUT2D eigenvalue weighted by Gasteiger charge is 2.50. The van der Waals surface area contributed by atoms with Crippen molar-refractivity contribution in [2.24, 2.45) is 0 Å². The highest BCUT2D eigenvalue weighted by atomic mass is 16.7. The van der Waals surface area contributed by atoms with Gasteiger partial charge in [0.2, 0.25) is 11.8 Å². The zero-order valence-corrected chi connectivity index (χ0v) is 25.6. The summed E-state index contributed by atoms with van der Waals surface area (Å²) in [4.78, 5) is 40.6. The molecule has 46 heavy (non-hydrogen) atoms. The number of piperidine rings is 1. The molecule has 0 aliphatic carbocycles. The van der Waals surface area contributed by atoms with Gasteiger partial charge in [0.25, 0.3) is 0 Å². The van der Waals surface area contributed by atoms with E-state index in [1.165, 1.54) is 0 Å². The maximum Gasteiger partial charge on any atom is 0.303 e. The van der Waals surface area contributed by atoms with Crippen LogP contribution in [0.4, 0.5) is 11.4 Å². The Morgan fingerprint density at radius 2 is 1.61 bits per heavy atom. The molecule has 3 aromatic carbocycles. The Balaban J connectivity index is 1.14. The molecule has 6 rings (SSSR count). The van der Waals surface area contributed by atoms with Crippen LogP contribution in [0.5, 0.6) is 0 Å². The van der Waals surface area contributed by atoms with Crippen molar-refractivity contribution in [1.82, 2.24) is 10.2 Å². The highest BCUT2D eigenvalue weighted by Crippen LogP contribution is 2.40. The number of carbonyl (C=O) groups is 3. The quantitative estimate of drug-likeness (QED) is 0.263. The first-order chi connectivity index (χ1) is 22.3. The van der Waals surface area contributed by atoms with E-state index in [1.54, 1.807) is 12.1 Å². The van der Waals surface area contributed by atoms with Crippen molar-refractivity contribution >= 4 is 29.2 Å². The topological polar surface area (TPSA) is 141 Å². The molecule has 11 nitrogen and oxygen atoms in total. The largest absolute Gasteiger partial charge is 0.481 e. The molecule has 3 fully saturated rings. The lowest BCUT2D eigenvalue weighted by atomic mass is 9.85. The van der Waals surface area contributed by atoms with Gasteiger partial charge in [-0.05, 0) is 48.2 Å². The number of para-hydroxylation sites is 1. The summed E-state index contributed by atoms with van der Waals surface area (Å²) in [6, 6.07) is 25.0. The Hall–Kier alpha value is -4.29. The number of anilines is 2. The van der Waals surface area contributed by atoms with Gasteiger partial charge in [-0.2, -0.15) is 0 Å². The van der Waals surface area contributed by atoms with E-state index < -0.39 is 17.8 Å². The average Bonchev–Trinajstić information content (AvgIpc) is 3.40. The molecular weight excluding hydrogens is 588 g/mol. The number of ether oxygens (including phenoxy) is 2. The van der Waals surface area contributed by atoms with E-state index >= 15 is 0 Å². The summed E-state index contributed by atoms with van der Waals surface area (Å²) in [6.07, 6.45) is 0.709. The standard InChI is InChI=1S/C35H40N4O7/c40-22-24-6-8-25(9-7-24)30-20-29(45-33(46-30)26-10-12-27(13-11-26)37-31(41)14-15-32(42)43)21-38-18-16-35(17-19-38)34(44)36-23-39(35)28-4-2-1-3-5-28/h1-13,29-30,33,40H,14-23H2,(H,36,44)(H,37,41)(H,42,43)/t29-,30+,33+/m0/s1. The summed E-state index contributed by atoms with van der Waals surface area (Å²) >= 11 is 0. The molecular formula is C35H40N4O7. The van der Waals surface area contributed by atoms with Gasteiger partial charge in [-0.15, -0.1) is 0 Å². The van der Waals surface area contributed by atoms with Crippen LogP contribution in [0.25, 0.3) is 0 Å². The van der Waals surface area contributed by atoms with Crippen molar-refractivity contribution < 1.29 is 34.1 Å². The molecule has 0 aromatic heterocycles. The summed E-state index contributed by atoms with van der Waals surface area (Å²) in [7, 11) is 0. The summed E-state index contributed by atoms with van der Waals surface area (Å²) in [5, 5.41) is 24.2. The summed E-state index contributed by atoms with van der Waals surface area (Å²) in [6.45, 7) is 2.68. The molecule has 1 spiro atoms. The minimum atomic E-state index is -1.02.